The van der Waals surface area contributed by atoms with E-state index in [-0.39, 0.29) is 0 Å². The number of rotatable bonds is 4. The van der Waals surface area contributed by atoms with Gasteiger partial charge in [-0.15, -0.1) is 22.7 Å². The second-order valence-electron chi connectivity index (χ2n) is 14.1. The molecule has 0 unspecified atom stereocenters. The van der Waals surface area contributed by atoms with E-state index in [1.165, 1.54) is 62.9 Å². The van der Waals surface area contributed by atoms with Crippen molar-refractivity contribution >= 4 is 95.7 Å². The molecule has 12 rings (SSSR count). The van der Waals surface area contributed by atoms with Gasteiger partial charge in [0.2, 0.25) is 5.95 Å². The van der Waals surface area contributed by atoms with Gasteiger partial charge < -0.3 is 0 Å². The number of para-hydroxylation sites is 1. The number of hydrogen-bond donors (Lipinski definition) is 0. The first kappa shape index (κ1) is 30.8. The third kappa shape index (κ3) is 4.61. The van der Waals surface area contributed by atoms with Crippen LogP contribution in [0.3, 0.4) is 0 Å². The molecule has 0 saturated heterocycles. The molecule has 0 fully saturated rings. The Morgan fingerprint density at radius 1 is 0.382 bits per heavy atom. The monoisotopic (exact) mass is 735 g/mol. The highest BCUT2D eigenvalue weighted by Gasteiger charge is 2.25. The average molecular weight is 736 g/mol. The number of hydrogen-bond acceptors (Lipinski definition) is 4. The summed E-state index contributed by atoms with van der Waals surface area (Å²) in [5.41, 5.74) is 8.90. The first-order chi connectivity index (χ1) is 27.3. The molecule has 256 valence electrons. The van der Waals surface area contributed by atoms with Crippen LogP contribution in [0.1, 0.15) is 0 Å². The van der Waals surface area contributed by atoms with Crippen LogP contribution in [0, 0.1) is 0 Å². The number of nitrogens with zero attached hydrogens (tertiary/aromatic N) is 3. The van der Waals surface area contributed by atoms with Crippen molar-refractivity contribution in [1.82, 2.24) is 14.5 Å². The molecule has 0 aliphatic rings. The summed E-state index contributed by atoms with van der Waals surface area (Å²) in [5, 5.41) is 9.74. The largest absolute Gasteiger partial charge is 0.277 e. The van der Waals surface area contributed by atoms with E-state index in [0.717, 1.165) is 43.6 Å². The molecule has 0 aliphatic carbocycles. The summed E-state index contributed by atoms with van der Waals surface area (Å²) in [5.74, 6) is 0.679. The van der Waals surface area contributed by atoms with E-state index < -0.39 is 0 Å². The number of thiophene rings is 2. The van der Waals surface area contributed by atoms with Crippen molar-refractivity contribution in [2.45, 2.75) is 0 Å². The topological polar surface area (TPSA) is 30.7 Å². The van der Waals surface area contributed by atoms with Crippen LogP contribution in [0.15, 0.2) is 176 Å². The van der Waals surface area contributed by atoms with Crippen molar-refractivity contribution in [2.24, 2.45) is 0 Å². The number of aromatic nitrogens is 3. The van der Waals surface area contributed by atoms with Gasteiger partial charge in [0.25, 0.3) is 0 Å². The second kappa shape index (κ2) is 11.9. The third-order valence-corrected chi connectivity index (χ3v) is 13.3. The Kier molecular flexibility index (Phi) is 6.67. The molecular weight excluding hydrogens is 707 g/mol. The zero-order valence-corrected chi connectivity index (χ0v) is 31.0. The van der Waals surface area contributed by atoms with E-state index in [1.807, 2.05) is 11.3 Å². The van der Waals surface area contributed by atoms with Crippen molar-refractivity contribution in [3.8, 4) is 39.5 Å². The summed E-state index contributed by atoms with van der Waals surface area (Å²) in [6.07, 6.45) is 0. The van der Waals surface area contributed by atoms with Gasteiger partial charge in [-0.1, -0.05) is 140 Å². The van der Waals surface area contributed by atoms with E-state index in [1.54, 1.807) is 11.3 Å². The maximum absolute atomic E-state index is 5.72. The highest BCUT2D eigenvalue weighted by molar-refractivity contribution is 7.27. The molecule has 55 heavy (non-hydrogen) atoms. The van der Waals surface area contributed by atoms with Gasteiger partial charge in [0.1, 0.15) is 4.83 Å². The Hall–Kier alpha value is -6.66. The molecule has 0 amide bonds. The third-order valence-electron chi connectivity index (χ3n) is 11.0. The van der Waals surface area contributed by atoms with Crippen molar-refractivity contribution < 1.29 is 0 Å². The lowest BCUT2D eigenvalue weighted by atomic mass is 9.94. The first-order valence-electron chi connectivity index (χ1n) is 18.5. The molecule has 0 radical (unpaired) electrons. The van der Waals surface area contributed by atoms with Crippen molar-refractivity contribution in [3.63, 3.8) is 0 Å². The smallest absolute Gasteiger partial charge is 0.236 e. The maximum atomic E-state index is 5.72. The predicted molar refractivity (Wildman–Crippen MR) is 236 cm³/mol. The fourth-order valence-corrected chi connectivity index (χ4v) is 10.9. The van der Waals surface area contributed by atoms with Crippen molar-refractivity contribution in [2.75, 3.05) is 0 Å². The molecule has 12 aromatic rings. The fourth-order valence-electron chi connectivity index (χ4n) is 8.61. The van der Waals surface area contributed by atoms with Crippen LogP contribution in [-0.4, -0.2) is 14.5 Å². The lowest BCUT2D eigenvalue weighted by molar-refractivity contribution is 1.02. The van der Waals surface area contributed by atoms with Gasteiger partial charge in [-0.25, -0.2) is 9.97 Å². The van der Waals surface area contributed by atoms with Gasteiger partial charge >= 0.3 is 0 Å². The second-order valence-corrected chi connectivity index (χ2v) is 16.2. The lowest BCUT2D eigenvalue weighted by Crippen LogP contribution is -2.03. The van der Waals surface area contributed by atoms with E-state index >= 15 is 0 Å². The molecular formula is C50H29N3S2. The summed E-state index contributed by atoms with van der Waals surface area (Å²) in [6, 6.07) is 63.4. The summed E-state index contributed by atoms with van der Waals surface area (Å²) in [7, 11) is 0. The van der Waals surface area contributed by atoms with Crippen LogP contribution in [0.4, 0.5) is 0 Å². The number of benzene rings is 8. The van der Waals surface area contributed by atoms with Crippen LogP contribution in [0.5, 0.6) is 0 Å². The van der Waals surface area contributed by atoms with E-state index in [9.17, 15) is 0 Å². The lowest BCUT2D eigenvalue weighted by Gasteiger charge is -2.14. The van der Waals surface area contributed by atoms with Gasteiger partial charge in [-0.3, -0.25) is 4.57 Å². The van der Waals surface area contributed by atoms with Gasteiger partial charge in [0.05, 0.1) is 16.7 Å². The van der Waals surface area contributed by atoms with Crippen LogP contribution in [0.2, 0.25) is 0 Å². The predicted octanol–water partition coefficient (Wildman–Crippen LogP) is 14.5. The van der Waals surface area contributed by atoms with Gasteiger partial charge in [0, 0.05) is 57.4 Å². The normalized spacial score (nSPS) is 12.0. The van der Waals surface area contributed by atoms with E-state index in [2.05, 4.69) is 180 Å². The fraction of sp³-hybridized carbons (Fsp3) is 0. The zero-order chi connectivity index (χ0) is 36.0. The Morgan fingerprint density at radius 2 is 0.909 bits per heavy atom. The summed E-state index contributed by atoms with van der Waals surface area (Å²) in [6.45, 7) is 0. The zero-order valence-electron chi connectivity index (χ0n) is 29.4. The van der Waals surface area contributed by atoms with Crippen LogP contribution >= 0.6 is 22.7 Å². The minimum Gasteiger partial charge on any atom is -0.277 e. The maximum Gasteiger partial charge on any atom is 0.236 e. The van der Waals surface area contributed by atoms with Crippen molar-refractivity contribution in [1.29, 1.82) is 0 Å². The standard InChI is InChI=1S/C50H29N3S2/c1-3-15-30(16-4-1)32-27-33(31-17-5-2-6-18-31)29-34(28-32)46-44-38-22-10-14-26-42(38)55-49(44)52-50(51-46)53-40-24-12-9-21-37(40)43-35-19-7-8-20-36(35)48-45(47(43)53)39-23-11-13-25-41(39)54-48/h1-29H. The molecule has 0 spiro atoms. The van der Waals surface area contributed by atoms with Gasteiger partial charge in [0.15, 0.2) is 0 Å². The molecule has 0 atom stereocenters. The van der Waals surface area contributed by atoms with Crippen LogP contribution < -0.4 is 0 Å². The Morgan fingerprint density at radius 3 is 1.60 bits per heavy atom. The van der Waals surface area contributed by atoms with E-state index in [0.29, 0.717) is 5.95 Å². The molecule has 4 aromatic heterocycles. The van der Waals surface area contributed by atoms with Crippen molar-refractivity contribution in [3.05, 3.63) is 176 Å². The van der Waals surface area contributed by atoms with Gasteiger partial charge in [-0.2, -0.15) is 0 Å². The molecule has 4 heterocycles. The molecule has 5 heteroatoms. The molecule has 0 N–H and O–H groups in total. The Bertz CT molecular complexity index is 3430. The highest BCUT2D eigenvalue weighted by Crippen LogP contribution is 2.48. The molecule has 8 aromatic carbocycles. The average Bonchev–Trinajstić information content (AvgIpc) is 3.94. The summed E-state index contributed by atoms with van der Waals surface area (Å²) >= 11 is 3.61. The Labute approximate surface area is 324 Å². The SMILES string of the molecule is c1ccc(-c2cc(-c3ccccc3)cc(-c3nc(-n4c5ccccc5c5c6ccccc6c6sc7ccccc7c6c54)nc4sc5ccccc5c34)c2)cc1. The van der Waals surface area contributed by atoms with Crippen LogP contribution in [-0.2, 0) is 0 Å². The van der Waals surface area contributed by atoms with Crippen LogP contribution in [0.25, 0.3) is 113 Å². The quantitative estimate of drug-likeness (QED) is 0.180. The minimum atomic E-state index is 0.679. The van der Waals surface area contributed by atoms with E-state index in [4.69, 9.17) is 9.97 Å². The first-order valence-corrected chi connectivity index (χ1v) is 20.1. The highest BCUT2D eigenvalue weighted by atomic mass is 32.1. The Balaban J connectivity index is 1.26. The number of fused-ring (bicyclic) bond motifs is 13. The molecule has 0 saturated carbocycles. The minimum absolute atomic E-state index is 0.679. The molecule has 0 aliphatic heterocycles. The van der Waals surface area contributed by atoms with Gasteiger partial charge in [-0.05, 0) is 64.0 Å². The molecule has 0 bridgehead atoms. The summed E-state index contributed by atoms with van der Waals surface area (Å²) < 4.78 is 6.12. The molecule has 3 nitrogen and oxygen atoms in total. The summed E-state index contributed by atoms with van der Waals surface area (Å²) in [4.78, 5) is 12.2.